The van der Waals surface area contributed by atoms with Crippen LogP contribution < -0.4 is 5.73 Å². The van der Waals surface area contributed by atoms with Crippen molar-refractivity contribution in [2.45, 2.75) is 45.1 Å². The molecule has 4 nitrogen and oxygen atoms in total. The molecular weight excluding hydrogens is 228 g/mol. The number of ether oxygens (including phenoxy) is 1. The minimum atomic E-state index is 0.265. The maximum atomic E-state index is 12.3. The van der Waals surface area contributed by atoms with E-state index in [-0.39, 0.29) is 6.04 Å². The summed E-state index contributed by atoms with van der Waals surface area (Å²) in [7, 11) is 0. The normalized spacial score (nSPS) is 32.8. The van der Waals surface area contributed by atoms with Gasteiger partial charge in [0.05, 0.1) is 0 Å². The minimum Gasteiger partial charge on any atom is -0.381 e. The number of rotatable bonds is 4. The Labute approximate surface area is 110 Å². The SMILES string of the molecule is CC1CCN(C(=O)CCC2CCOC2)C(CN)C1. The Morgan fingerprint density at radius 2 is 2.28 bits per heavy atom. The molecule has 4 heteroatoms. The molecule has 2 aliphatic heterocycles. The van der Waals surface area contributed by atoms with Crippen LogP contribution in [-0.4, -0.2) is 43.2 Å². The Hall–Kier alpha value is -0.610. The van der Waals surface area contributed by atoms with E-state index in [1.165, 1.54) is 0 Å². The Morgan fingerprint density at radius 3 is 2.94 bits per heavy atom. The summed E-state index contributed by atoms with van der Waals surface area (Å²) in [5.74, 6) is 1.59. The molecule has 2 aliphatic rings. The van der Waals surface area contributed by atoms with E-state index in [1.54, 1.807) is 0 Å². The third-order valence-electron chi connectivity index (χ3n) is 4.36. The van der Waals surface area contributed by atoms with E-state index in [4.69, 9.17) is 10.5 Å². The van der Waals surface area contributed by atoms with Gasteiger partial charge in [-0.1, -0.05) is 6.92 Å². The highest BCUT2D eigenvalue weighted by Gasteiger charge is 2.29. The lowest BCUT2D eigenvalue weighted by molar-refractivity contribution is -0.135. The van der Waals surface area contributed by atoms with Gasteiger partial charge in [0.1, 0.15) is 0 Å². The first-order valence-corrected chi connectivity index (χ1v) is 7.28. The minimum absolute atomic E-state index is 0.265. The predicted octanol–water partition coefficient (Wildman–Crippen LogP) is 1.39. The van der Waals surface area contributed by atoms with Crippen LogP contribution in [0.1, 0.15) is 39.0 Å². The van der Waals surface area contributed by atoms with E-state index < -0.39 is 0 Å². The summed E-state index contributed by atoms with van der Waals surface area (Å²) >= 11 is 0. The quantitative estimate of drug-likeness (QED) is 0.825. The summed E-state index contributed by atoms with van der Waals surface area (Å²) in [6.07, 6.45) is 4.94. The number of amides is 1. The first kappa shape index (κ1) is 13.8. The summed E-state index contributed by atoms with van der Waals surface area (Å²) in [5.41, 5.74) is 5.80. The van der Waals surface area contributed by atoms with Crippen LogP contribution in [0.5, 0.6) is 0 Å². The fraction of sp³-hybridized carbons (Fsp3) is 0.929. The molecule has 2 fully saturated rings. The second-order valence-corrected chi connectivity index (χ2v) is 5.87. The second kappa shape index (κ2) is 6.53. The van der Waals surface area contributed by atoms with Gasteiger partial charge < -0.3 is 15.4 Å². The lowest BCUT2D eigenvalue weighted by atomic mass is 9.91. The molecule has 3 unspecified atom stereocenters. The van der Waals surface area contributed by atoms with Crippen LogP contribution in [0.4, 0.5) is 0 Å². The number of hydrogen-bond donors (Lipinski definition) is 1. The number of carbonyl (C=O) groups is 1. The third kappa shape index (κ3) is 3.45. The van der Waals surface area contributed by atoms with Crippen LogP contribution in [0.2, 0.25) is 0 Å². The van der Waals surface area contributed by atoms with Crippen molar-refractivity contribution in [3.63, 3.8) is 0 Å². The van der Waals surface area contributed by atoms with E-state index in [9.17, 15) is 4.79 Å². The van der Waals surface area contributed by atoms with Crippen LogP contribution in [0.25, 0.3) is 0 Å². The van der Waals surface area contributed by atoms with Crippen LogP contribution in [0.15, 0.2) is 0 Å². The van der Waals surface area contributed by atoms with Crippen molar-refractivity contribution < 1.29 is 9.53 Å². The van der Waals surface area contributed by atoms with Crippen molar-refractivity contribution in [1.82, 2.24) is 4.90 Å². The standard InChI is InChI=1S/C14H26N2O2/c1-11-4-6-16(13(8-11)9-15)14(17)3-2-12-5-7-18-10-12/h11-13H,2-10,15H2,1H3. The van der Waals surface area contributed by atoms with Gasteiger partial charge in [-0.15, -0.1) is 0 Å². The maximum absolute atomic E-state index is 12.3. The van der Waals surface area contributed by atoms with Crippen molar-refractivity contribution in [3.05, 3.63) is 0 Å². The monoisotopic (exact) mass is 254 g/mol. The number of hydrogen-bond acceptors (Lipinski definition) is 3. The van der Waals surface area contributed by atoms with Crippen LogP contribution in [-0.2, 0) is 9.53 Å². The molecule has 0 aromatic rings. The summed E-state index contributed by atoms with van der Waals surface area (Å²) in [6.45, 7) is 5.45. The Kier molecular flexibility index (Phi) is 5.01. The third-order valence-corrected chi connectivity index (χ3v) is 4.36. The molecule has 0 bridgehead atoms. The van der Waals surface area contributed by atoms with E-state index in [0.717, 1.165) is 45.4 Å². The van der Waals surface area contributed by atoms with Gasteiger partial charge in [-0.25, -0.2) is 0 Å². The van der Waals surface area contributed by atoms with Gasteiger partial charge in [0.15, 0.2) is 0 Å². The average Bonchev–Trinajstić information content (AvgIpc) is 2.88. The topological polar surface area (TPSA) is 55.6 Å². The molecule has 0 radical (unpaired) electrons. The molecule has 2 N–H and O–H groups in total. The smallest absolute Gasteiger partial charge is 0.222 e. The Morgan fingerprint density at radius 1 is 1.44 bits per heavy atom. The highest BCUT2D eigenvalue weighted by molar-refractivity contribution is 5.76. The van der Waals surface area contributed by atoms with Crippen molar-refractivity contribution in [2.75, 3.05) is 26.3 Å². The molecule has 2 saturated heterocycles. The van der Waals surface area contributed by atoms with E-state index in [2.05, 4.69) is 6.92 Å². The Balaban J connectivity index is 1.79. The van der Waals surface area contributed by atoms with Crippen LogP contribution >= 0.6 is 0 Å². The molecule has 2 heterocycles. The number of carbonyl (C=O) groups excluding carboxylic acids is 1. The van der Waals surface area contributed by atoms with E-state index in [1.807, 2.05) is 4.90 Å². The molecule has 0 aromatic carbocycles. The molecule has 0 saturated carbocycles. The molecule has 0 spiro atoms. The van der Waals surface area contributed by atoms with E-state index in [0.29, 0.717) is 30.7 Å². The van der Waals surface area contributed by atoms with Crippen molar-refractivity contribution in [1.29, 1.82) is 0 Å². The second-order valence-electron chi connectivity index (χ2n) is 5.87. The molecule has 0 aliphatic carbocycles. The number of likely N-dealkylation sites (tertiary alicyclic amines) is 1. The van der Waals surface area contributed by atoms with Gasteiger partial charge in [0.25, 0.3) is 0 Å². The van der Waals surface area contributed by atoms with Gasteiger partial charge in [-0.2, -0.15) is 0 Å². The van der Waals surface area contributed by atoms with E-state index >= 15 is 0 Å². The molecule has 1 amide bonds. The van der Waals surface area contributed by atoms with Gasteiger partial charge in [0.2, 0.25) is 5.91 Å². The van der Waals surface area contributed by atoms with Gasteiger partial charge >= 0.3 is 0 Å². The van der Waals surface area contributed by atoms with Crippen LogP contribution in [0.3, 0.4) is 0 Å². The summed E-state index contributed by atoms with van der Waals surface area (Å²) in [6, 6.07) is 0.265. The lowest BCUT2D eigenvalue weighted by Crippen LogP contribution is -2.49. The maximum Gasteiger partial charge on any atom is 0.222 e. The van der Waals surface area contributed by atoms with Gasteiger partial charge in [-0.05, 0) is 37.5 Å². The largest absolute Gasteiger partial charge is 0.381 e. The highest BCUT2D eigenvalue weighted by Crippen LogP contribution is 2.24. The van der Waals surface area contributed by atoms with Crippen molar-refractivity contribution in [2.24, 2.45) is 17.6 Å². The molecule has 18 heavy (non-hydrogen) atoms. The molecule has 104 valence electrons. The van der Waals surface area contributed by atoms with Crippen LogP contribution in [0, 0.1) is 11.8 Å². The summed E-state index contributed by atoms with van der Waals surface area (Å²) in [5, 5.41) is 0. The summed E-state index contributed by atoms with van der Waals surface area (Å²) < 4.78 is 5.35. The number of nitrogens with two attached hydrogens (primary N) is 1. The fourth-order valence-electron chi connectivity index (χ4n) is 3.09. The van der Waals surface area contributed by atoms with Gasteiger partial charge in [-0.3, -0.25) is 4.79 Å². The number of nitrogens with zero attached hydrogens (tertiary/aromatic N) is 1. The van der Waals surface area contributed by atoms with Crippen molar-refractivity contribution in [3.8, 4) is 0 Å². The first-order chi connectivity index (χ1) is 8.70. The summed E-state index contributed by atoms with van der Waals surface area (Å²) in [4.78, 5) is 14.3. The molecular formula is C14H26N2O2. The zero-order valence-electron chi connectivity index (χ0n) is 11.4. The van der Waals surface area contributed by atoms with Crippen molar-refractivity contribution >= 4 is 5.91 Å². The lowest BCUT2D eigenvalue weighted by Gasteiger charge is -2.38. The molecule has 0 aromatic heterocycles. The Bertz CT molecular complexity index is 277. The number of piperidine rings is 1. The first-order valence-electron chi connectivity index (χ1n) is 7.28. The fourth-order valence-corrected chi connectivity index (χ4v) is 3.09. The highest BCUT2D eigenvalue weighted by atomic mass is 16.5. The predicted molar refractivity (Wildman–Crippen MR) is 71.1 cm³/mol. The molecule has 2 rings (SSSR count). The molecule has 3 atom stereocenters. The van der Waals surface area contributed by atoms with Gasteiger partial charge in [0, 0.05) is 38.8 Å². The zero-order chi connectivity index (χ0) is 13.0. The zero-order valence-corrected chi connectivity index (χ0v) is 11.4. The average molecular weight is 254 g/mol.